The van der Waals surface area contributed by atoms with Gasteiger partial charge in [-0.3, -0.25) is 4.79 Å². The molecule has 0 radical (unpaired) electrons. The van der Waals surface area contributed by atoms with Gasteiger partial charge in [-0.1, -0.05) is 143 Å². The van der Waals surface area contributed by atoms with E-state index in [4.69, 9.17) is 0 Å². The zero-order valence-electron chi connectivity index (χ0n) is 29.8. The Morgan fingerprint density at radius 2 is 1.40 bits per heavy atom. The smallest absolute Gasteiger partial charge is 0.219 e. The van der Waals surface area contributed by atoms with Crippen molar-refractivity contribution in [2.75, 3.05) is 0 Å². The standard InChI is InChI=1S/C41H73NO/c1-7-39(43)42-34-26-28-40(5)33(30-34)22-23-35-37-25-24-36(41(37,6)29-27-38(35)40)32(4)21-19-17-15-13-11-9-8-10-12-14-16-18-20-31(2)3/h22,31-32,34-38H,7-21,23-30H2,1-6H3,(H,42,43)/t32-,34-,35+,36?,37-,38?,40?,41?/m0/s1. The van der Waals surface area contributed by atoms with Crippen molar-refractivity contribution in [1.29, 1.82) is 0 Å². The second-order valence-electron chi connectivity index (χ2n) is 17.0. The lowest BCUT2D eigenvalue weighted by atomic mass is 9.47. The van der Waals surface area contributed by atoms with Gasteiger partial charge in [-0.25, -0.2) is 0 Å². The number of hydrogen-bond acceptors (Lipinski definition) is 1. The fourth-order valence-corrected chi connectivity index (χ4v) is 11.1. The number of amides is 1. The van der Waals surface area contributed by atoms with Crippen LogP contribution < -0.4 is 5.32 Å². The Morgan fingerprint density at radius 3 is 2.00 bits per heavy atom. The van der Waals surface area contributed by atoms with Crippen molar-refractivity contribution in [3.05, 3.63) is 11.6 Å². The Hall–Kier alpha value is -0.790. The molecular weight excluding hydrogens is 522 g/mol. The molecule has 0 aromatic heterocycles. The van der Waals surface area contributed by atoms with Crippen molar-refractivity contribution < 1.29 is 4.79 Å². The number of rotatable bonds is 18. The minimum Gasteiger partial charge on any atom is -0.353 e. The fourth-order valence-electron chi connectivity index (χ4n) is 11.1. The van der Waals surface area contributed by atoms with Crippen LogP contribution in [0.2, 0.25) is 0 Å². The van der Waals surface area contributed by atoms with Gasteiger partial charge in [0.25, 0.3) is 0 Å². The highest BCUT2D eigenvalue weighted by molar-refractivity contribution is 5.75. The Kier molecular flexibility index (Phi) is 13.6. The topological polar surface area (TPSA) is 29.1 Å². The van der Waals surface area contributed by atoms with Crippen LogP contribution in [0.3, 0.4) is 0 Å². The minimum atomic E-state index is 0.228. The summed E-state index contributed by atoms with van der Waals surface area (Å²) in [7, 11) is 0. The van der Waals surface area contributed by atoms with Crippen molar-refractivity contribution in [3.8, 4) is 0 Å². The second kappa shape index (κ2) is 16.7. The average Bonchev–Trinajstić information content (AvgIpc) is 3.34. The Bertz CT molecular complexity index is 875. The molecule has 4 aliphatic rings. The molecule has 2 nitrogen and oxygen atoms in total. The molecule has 3 saturated carbocycles. The lowest BCUT2D eigenvalue weighted by Gasteiger charge is -2.58. The molecule has 0 saturated heterocycles. The molecule has 248 valence electrons. The van der Waals surface area contributed by atoms with Crippen LogP contribution in [0.4, 0.5) is 0 Å². The maximum absolute atomic E-state index is 12.1. The number of allylic oxidation sites excluding steroid dienone is 1. The van der Waals surface area contributed by atoms with Gasteiger partial charge < -0.3 is 5.32 Å². The summed E-state index contributed by atoms with van der Waals surface area (Å²) in [6, 6.07) is 0.369. The first-order chi connectivity index (χ1) is 20.7. The van der Waals surface area contributed by atoms with Gasteiger partial charge in [0.2, 0.25) is 5.91 Å². The highest BCUT2D eigenvalue weighted by atomic mass is 16.1. The van der Waals surface area contributed by atoms with E-state index in [9.17, 15) is 4.79 Å². The molecular formula is C41H73NO. The van der Waals surface area contributed by atoms with Crippen molar-refractivity contribution in [2.24, 2.45) is 46.3 Å². The summed E-state index contributed by atoms with van der Waals surface area (Å²) in [5, 5.41) is 3.32. The molecule has 1 N–H and O–H groups in total. The Morgan fingerprint density at radius 1 is 0.791 bits per heavy atom. The van der Waals surface area contributed by atoms with Gasteiger partial charge in [-0.15, -0.1) is 0 Å². The lowest BCUT2D eigenvalue weighted by Crippen LogP contribution is -2.52. The van der Waals surface area contributed by atoms with E-state index in [0.717, 1.165) is 41.9 Å². The molecule has 1 amide bonds. The molecule has 43 heavy (non-hydrogen) atoms. The molecule has 0 heterocycles. The van der Waals surface area contributed by atoms with Gasteiger partial charge in [0.1, 0.15) is 0 Å². The van der Waals surface area contributed by atoms with Crippen LogP contribution in [0.5, 0.6) is 0 Å². The zero-order valence-corrected chi connectivity index (χ0v) is 29.8. The van der Waals surface area contributed by atoms with Gasteiger partial charge >= 0.3 is 0 Å². The van der Waals surface area contributed by atoms with Crippen LogP contribution in [0, 0.1) is 46.3 Å². The lowest BCUT2D eigenvalue weighted by molar-refractivity contribution is -0.121. The molecule has 4 aliphatic carbocycles. The van der Waals surface area contributed by atoms with Gasteiger partial charge in [-0.05, 0) is 97.7 Å². The first kappa shape index (κ1) is 35.1. The van der Waals surface area contributed by atoms with Crippen LogP contribution in [-0.2, 0) is 4.79 Å². The maximum atomic E-state index is 12.1. The number of unbranched alkanes of at least 4 members (excludes halogenated alkanes) is 11. The monoisotopic (exact) mass is 596 g/mol. The molecule has 0 aliphatic heterocycles. The van der Waals surface area contributed by atoms with E-state index < -0.39 is 0 Å². The van der Waals surface area contributed by atoms with E-state index >= 15 is 0 Å². The minimum absolute atomic E-state index is 0.228. The SMILES string of the molecule is CCC(=O)N[C@H]1CCC2(C)C(=CC[C@H]3C2CCC2(C)C([C@@H](C)CCCCCCCCCCCCCCC(C)C)CC[C@@H]32)C1. The van der Waals surface area contributed by atoms with E-state index in [1.54, 1.807) is 5.57 Å². The van der Waals surface area contributed by atoms with E-state index in [2.05, 4.69) is 46.0 Å². The van der Waals surface area contributed by atoms with Crippen LogP contribution in [-0.4, -0.2) is 11.9 Å². The third-order valence-electron chi connectivity index (χ3n) is 13.7. The second-order valence-corrected chi connectivity index (χ2v) is 17.0. The van der Waals surface area contributed by atoms with Crippen molar-refractivity contribution in [2.45, 2.75) is 195 Å². The van der Waals surface area contributed by atoms with Crippen LogP contribution in [0.1, 0.15) is 189 Å². The average molecular weight is 596 g/mol. The number of nitrogens with one attached hydrogen (secondary N) is 1. The van der Waals surface area contributed by atoms with E-state index in [-0.39, 0.29) is 5.91 Å². The fraction of sp³-hybridized carbons (Fsp3) is 0.927. The molecule has 3 fully saturated rings. The van der Waals surface area contributed by atoms with Crippen LogP contribution in [0.15, 0.2) is 11.6 Å². The van der Waals surface area contributed by atoms with Gasteiger partial charge in [0.15, 0.2) is 0 Å². The zero-order chi connectivity index (χ0) is 30.9. The summed E-state index contributed by atoms with van der Waals surface area (Å²) in [5.74, 6) is 5.66. The van der Waals surface area contributed by atoms with Crippen LogP contribution in [0.25, 0.3) is 0 Å². The number of fused-ring (bicyclic) bond motifs is 5. The number of hydrogen-bond donors (Lipinski definition) is 1. The summed E-state index contributed by atoms with van der Waals surface area (Å²) < 4.78 is 0. The summed E-state index contributed by atoms with van der Waals surface area (Å²) in [6.07, 6.45) is 34.5. The van der Waals surface area contributed by atoms with E-state index in [1.165, 1.54) is 135 Å². The maximum Gasteiger partial charge on any atom is 0.219 e. The number of carbonyl (C=O) groups is 1. The Balaban J connectivity index is 1.13. The molecule has 0 bridgehead atoms. The highest BCUT2D eigenvalue weighted by Gasteiger charge is 2.59. The molecule has 4 rings (SSSR count). The summed E-state index contributed by atoms with van der Waals surface area (Å²) in [6.45, 7) is 14.6. The van der Waals surface area contributed by atoms with Crippen molar-refractivity contribution in [1.82, 2.24) is 5.32 Å². The third kappa shape index (κ3) is 8.93. The quantitative estimate of drug-likeness (QED) is 0.124. The molecule has 0 spiro atoms. The van der Waals surface area contributed by atoms with E-state index in [1.807, 2.05) is 6.92 Å². The van der Waals surface area contributed by atoms with Gasteiger partial charge in [0, 0.05) is 12.5 Å². The summed E-state index contributed by atoms with van der Waals surface area (Å²) in [5.41, 5.74) is 2.65. The first-order valence-corrected chi connectivity index (χ1v) is 19.7. The van der Waals surface area contributed by atoms with Gasteiger partial charge in [0.05, 0.1) is 0 Å². The van der Waals surface area contributed by atoms with Crippen LogP contribution >= 0.6 is 0 Å². The molecule has 4 unspecified atom stereocenters. The summed E-state index contributed by atoms with van der Waals surface area (Å²) >= 11 is 0. The summed E-state index contributed by atoms with van der Waals surface area (Å²) in [4.78, 5) is 12.1. The highest BCUT2D eigenvalue weighted by Crippen LogP contribution is 2.67. The molecule has 8 atom stereocenters. The first-order valence-electron chi connectivity index (χ1n) is 19.7. The molecule has 2 heteroatoms. The largest absolute Gasteiger partial charge is 0.353 e. The number of carbonyl (C=O) groups excluding carboxylic acids is 1. The molecule has 0 aromatic carbocycles. The van der Waals surface area contributed by atoms with Gasteiger partial charge in [-0.2, -0.15) is 0 Å². The third-order valence-corrected chi connectivity index (χ3v) is 13.7. The normalized spacial score (nSPS) is 34.3. The molecule has 0 aromatic rings. The van der Waals surface area contributed by atoms with Crippen molar-refractivity contribution >= 4 is 5.91 Å². The predicted octanol–water partition coefficient (Wildman–Crippen LogP) is 12.2. The van der Waals surface area contributed by atoms with Crippen molar-refractivity contribution in [3.63, 3.8) is 0 Å². The van der Waals surface area contributed by atoms with E-state index in [0.29, 0.717) is 23.3 Å². The Labute approximate surface area is 268 Å². The predicted molar refractivity (Wildman–Crippen MR) is 186 cm³/mol.